The van der Waals surface area contributed by atoms with Crippen molar-refractivity contribution in [2.75, 3.05) is 0 Å². The van der Waals surface area contributed by atoms with Gasteiger partial charge in [0.1, 0.15) is 11.8 Å². The highest BCUT2D eigenvalue weighted by molar-refractivity contribution is 6.30. The molecule has 3 aromatic carbocycles. The Balaban J connectivity index is 1.73. The fraction of sp³-hybridized carbons (Fsp3) is 0.200. The Hall–Kier alpha value is -2.96. The van der Waals surface area contributed by atoms with E-state index in [0.29, 0.717) is 16.1 Å². The van der Waals surface area contributed by atoms with Crippen LogP contribution in [0.15, 0.2) is 72.8 Å². The summed E-state index contributed by atoms with van der Waals surface area (Å²) >= 11 is 6.17. The van der Waals surface area contributed by atoms with Gasteiger partial charge in [-0.25, -0.2) is 0 Å². The highest BCUT2D eigenvalue weighted by atomic mass is 35.5. The van der Waals surface area contributed by atoms with Crippen LogP contribution in [-0.2, 0) is 12.6 Å². The minimum atomic E-state index is -4.39. The molecule has 7 heteroatoms. The third kappa shape index (κ3) is 4.76. The molecule has 0 saturated carbocycles. The van der Waals surface area contributed by atoms with Crippen molar-refractivity contribution in [3.8, 4) is 5.75 Å². The van der Waals surface area contributed by atoms with E-state index in [1.807, 2.05) is 23.5 Å². The molecule has 1 aliphatic rings. The van der Waals surface area contributed by atoms with Crippen LogP contribution in [0.1, 0.15) is 46.9 Å². The van der Waals surface area contributed by atoms with Gasteiger partial charge < -0.3 is 15.7 Å². The number of aryl methyl sites for hydroxylation is 1. The number of nitrogens with two attached hydrogens (primary N) is 1. The number of phenolic OH excluding ortho intramolecular Hbond substituents is 1. The Morgan fingerprint density at radius 2 is 1.69 bits per heavy atom. The number of nitrogens with one attached hydrogen (secondary N) is 1. The molecule has 1 aliphatic heterocycles. The molecule has 0 amide bonds. The number of alkyl halides is 3. The van der Waals surface area contributed by atoms with E-state index in [0.717, 1.165) is 29.8 Å². The van der Waals surface area contributed by atoms with Crippen molar-refractivity contribution in [1.29, 1.82) is 0 Å². The van der Waals surface area contributed by atoms with Gasteiger partial charge in [0.05, 0.1) is 11.1 Å². The summed E-state index contributed by atoms with van der Waals surface area (Å²) in [4.78, 5) is 0. The van der Waals surface area contributed by atoms with Gasteiger partial charge in [-0.2, -0.15) is 13.2 Å². The van der Waals surface area contributed by atoms with Crippen molar-refractivity contribution < 1.29 is 23.6 Å². The van der Waals surface area contributed by atoms with E-state index >= 15 is 0 Å². The third-order valence-corrected chi connectivity index (χ3v) is 5.91. The molecule has 4 rings (SSSR count). The molecule has 3 aromatic rings. The number of phenols is 1. The second-order valence-electron chi connectivity index (χ2n) is 7.79. The molecule has 2 atom stereocenters. The Bertz CT molecular complexity index is 1130. The Labute approximate surface area is 189 Å². The molecule has 1 heterocycles. The Morgan fingerprint density at radius 1 is 1.00 bits per heavy atom. The Kier molecular flexibility index (Phi) is 6.17. The molecule has 0 saturated heterocycles. The lowest BCUT2D eigenvalue weighted by Gasteiger charge is -2.30. The molecule has 32 heavy (non-hydrogen) atoms. The summed E-state index contributed by atoms with van der Waals surface area (Å²) in [5.41, 5.74) is 3.65. The van der Waals surface area contributed by atoms with Crippen LogP contribution in [0, 0.1) is 0 Å². The van der Waals surface area contributed by atoms with Crippen molar-refractivity contribution in [3.63, 3.8) is 0 Å². The van der Waals surface area contributed by atoms with E-state index in [4.69, 9.17) is 11.6 Å². The normalized spacial score (nSPS) is 18.7. The first-order valence-electron chi connectivity index (χ1n) is 10.3. The Morgan fingerprint density at radius 3 is 2.31 bits per heavy atom. The molecule has 0 aliphatic carbocycles. The van der Waals surface area contributed by atoms with Crippen LogP contribution >= 0.6 is 11.6 Å². The number of hydrogen-bond acceptors (Lipinski definition) is 2. The van der Waals surface area contributed by atoms with Gasteiger partial charge in [0.15, 0.2) is 6.17 Å². The van der Waals surface area contributed by atoms with E-state index in [1.54, 1.807) is 18.2 Å². The average Bonchev–Trinajstić information content (AvgIpc) is 2.80. The molecule has 3 nitrogen and oxygen atoms in total. The summed E-state index contributed by atoms with van der Waals surface area (Å²) in [5, 5.41) is 16.3. The molecule has 0 aromatic heterocycles. The van der Waals surface area contributed by atoms with E-state index in [1.165, 1.54) is 17.7 Å². The molecular formula is C25H23ClF3N2O+. The summed E-state index contributed by atoms with van der Waals surface area (Å²) in [6.07, 6.45) is -1.82. The number of rotatable bonds is 4. The predicted octanol–water partition coefficient (Wildman–Crippen LogP) is 5.57. The topological polar surface area (TPSA) is 48.9 Å². The number of aromatic hydroxyl groups is 1. The summed E-state index contributed by atoms with van der Waals surface area (Å²) in [7, 11) is 0. The summed E-state index contributed by atoms with van der Waals surface area (Å²) in [6.45, 7) is 2.08. The first kappa shape index (κ1) is 22.2. The minimum absolute atomic E-state index is 0.112. The van der Waals surface area contributed by atoms with Gasteiger partial charge >= 0.3 is 6.18 Å². The maximum absolute atomic E-state index is 13.0. The van der Waals surface area contributed by atoms with Crippen LogP contribution in [0.4, 0.5) is 13.2 Å². The second-order valence-corrected chi connectivity index (χ2v) is 8.23. The van der Waals surface area contributed by atoms with Crippen LogP contribution in [0.5, 0.6) is 5.75 Å². The highest BCUT2D eigenvalue weighted by Crippen LogP contribution is 2.32. The third-order valence-electron chi connectivity index (χ3n) is 5.68. The number of halogens is 4. The molecule has 0 radical (unpaired) electrons. The molecule has 166 valence electrons. The standard InChI is InChI=1S/C25H22ClF3N2O/c1-2-15-3-5-16(6-4-15)21-14-22(20-13-19(26)11-12-23(20)32)31-24(30-21)17-7-9-18(10-8-17)25(27,28)29/h3-14,22,24,30-32H,2H2,1H3/p+1. The van der Waals surface area contributed by atoms with Crippen molar-refractivity contribution in [1.82, 2.24) is 5.32 Å². The zero-order chi connectivity index (χ0) is 22.9. The summed E-state index contributed by atoms with van der Waals surface area (Å²) in [6, 6.07) is 17.9. The van der Waals surface area contributed by atoms with Crippen molar-refractivity contribution in [2.45, 2.75) is 31.7 Å². The maximum Gasteiger partial charge on any atom is 0.416 e. The van der Waals surface area contributed by atoms with Crippen molar-refractivity contribution >= 4 is 17.3 Å². The largest absolute Gasteiger partial charge is 0.507 e. The fourth-order valence-electron chi connectivity index (χ4n) is 3.87. The molecule has 4 N–H and O–H groups in total. The number of quaternary nitrogens is 1. The van der Waals surface area contributed by atoms with Gasteiger partial charge in [-0.3, -0.25) is 0 Å². The summed E-state index contributed by atoms with van der Waals surface area (Å²) < 4.78 is 39.0. The van der Waals surface area contributed by atoms with Gasteiger partial charge in [0.25, 0.3) is 0 Å². The summed E-state index contributed by atoms with van der Waals surface area (Å²) in [5.74, 6) is 0.112. The van der Waals surface area contributed by atoms with Crippen molar-refractivity contribution in [2.24, 2.45) is 0 Å². The van der Waals surface area contributed by atoms with E-state index < -0.39 is 11.7 Å². The van der Waals surface area contributed by atoms with E-state index in [-0.39, 0.29) is 18.0 Å². The molecular weight excluding hydrogens is 437 g/mol. The smallest absolute Gasteiger partial charge is 0.416 e. The lowest BCUT2D eigenvalue weighted by Crippen LogP contribution is -2.89. The van der Waals surface area contributed by atoms with Gasteiger partial charge in [0.2, 0.25) is 0 Å². The van der Waals surface area contributed by atoms with Crippen LogP contribution in [-0.4, -0.2) is 5.11 Å². The number of benzene rings is 3. The predicted molar refractivity (Wildman–Crippen MR) is 119 cm³/mol. The van der Waals surface area contributed by atoms with Crippen molar-refractivity contribution in [3.05, 3.63) is 106 Å². The van der Waals surface area contributed by atoms with E-state index in [2.05, 4.69) is 24.4 Å². The van der Waals surface area contributed by atoms with Gasteiger partial charge in [-0.15, -0.1) is 0 Å². The number of hydrogen-bond donors (Lipinski definition) is 3. The first-order chi connectivity index (χ1) is 15.2. The molecule has 0 bridgehead atoms. The van der Waals surface area contributed by atoms with E-state index in [9.17, 15) is 18.3 Å². The monoisotopic (exact) mass is 459 g/mol. The maximum atomic E-state index is 13.0. The van der Waals surface area contributed by atoms with Crippen LogP contribution in [0.3, 0.4) is 0 Å². The SMILES string of the molecule is CCc1ccc(C2=CC(c3cc(Cl)ccc3O)[NH2+]C(c3ccc(C(F)(F)F)cc3)N2)cc1. The van der Waals surface area contributed by atoms with Crippen LogP contribution < -0.4 is 10.6 Å². The highest BCUT2D eigenvalue weighted by Gasteiger charge is 2.32. The molecule has 2 unspecified atom stereocenters. The zero-order valence-electron chi connectivity index (χ0n) is 17.3. The quantitative estimate of drug-likeness (QED) is 0.477. The lowest BCUT2D eigenvalue weighted by atomic mass is 9.97. The first-order valence-corrected chi connectivity index (χ1v) is 10.7. The zero-order valence-corrected chi connectivity index (χ0v) is 18.1. The van der Waals surface area contributed by atoms with Gasteiger partial charge in [0, 0.05) is 22.4 Å². The minimum Gasteiger partial charge on any atom is -0.507 e. The van der Waals surface area contributed by atoms with Crippen LogP contribution in [0.2, 0.25) is 5.02 Å². The second kappa shape index (κ2) is 8.88. The molecule has 0 fully saturated rings. The van der Waals surface area contributed by atoms with Crippen LogP contribution in [0.25, 0.3) is 5.70 Å². The molecule has 0 spiro atoms. The lowest BCUT2D eigenvalue weighted by molar-refractivity contribution is -0.731. The average molecular weight is 460 g/mol. The van der Waals surface area contributed by atoms with Gasteiger partial charge in [-0.05, 0) is 47.9 Å². The fourth-order valence-corrected chi connectivity index (χ4v) is 4.05. The van der Waals surface area contributed by atoms with Gasteiger partial charge in [-0.1, -0.05) is 54.9 Å².